The molecule has 0 spiro atoms. The molecular formula is C15H24BrN5. The summed E-state index contributed by atoms with van der Waals surface area (Å²) in [7, 11) is 0. The van der Waals surface area contributed by atoms with Crippen molar-refractivity contribution < 1.29 is 0 Å². The van der Waals surface area contributed by atoms with Crippen LogP contribution in [0.5, 0.6) is 0 Å². The molecule has 0 fully saturated rings. The first kappa shape index (κ1) is 17.6. The first-order valence-corrected chi connectivity index (χ1v) is 8.29. The van der Waals surface area contributed by atoms with Gasteiger partial charge in [-0.1, -0.05) is 33.8 Å². The second-order valence-electron chi connectivity index (χ2n) is 4.06. The lowest BCUT2D eigenvalue weighted by atomic mass is 10.3. The van der Waals surface area contributed by atoms with Crippen LogP contribution >= 0.6 is 15.9 Å². The number of rotatable bonds is 1. The van der Waals surface area contributed by atoms with Gasteiger partial charge in [-0.25, -0.2) is 4.98 Å². The van der Waals surface area contributed by atoms with Gasteiger partial charge in [0.25, 0.3) is 0 Å². The van der Waals surface area contributed by atoms with Crippen molar-refractivity contribution >= 4 is 21.7 Å². The van der Waals surface area contributed by atoms with E-state index >= 15 is 0 Å². The normalized spacial score (nSPS) is 12.6. The van der Waals surface area contributed by atoms with Crippen molar-refractivity contribution in [1.29, 1.82) is 0 Å². The second-order valence-corrected chi connectivity index (χ2v) is 4.87. The van der Waals surface area contributed by atoms with Gasteiger partial charge in [0.15, 0.2) is 5.82 Å². The maximum atomic E-state index is 4.46. The van der Waals surface area contributed by atoms with E-state index in [1.54, 1.807) is 0 Å². The van der Waals surface area contributed by atoms with Gasteiger partial charge < -0.3 is 9.47 Å². The summed E-state index contributed by atoms with van der Waals surface area (Å²) < 4.78 is 3.02. The summed E-state index contributed by atoms with van der Waals surface area (Å²) in [5.74, 6) is 2.98. The van der Waals surface area contributed by atoms with Crippen LogP contribution in [0.2, 0.25) is 0 Å². The molecule has 2 aromatic heterocycles. The van der Waals surface area contributed by atoms with Crippen molar-refractivity contribution in [2.75, 3.05) is 11.4 Å². The minimum absolute atomic E-state index is 0.768. The highest BCUT2D eigenvalue weighted by molar-refractivity contribution is 9.10. The summed E-state index contributed by atoms with van der Waals surface area (Å²) in [6.07, 6.45) is 0. The van der Waals surface area contributed by atoms with Crippen LogP contribution in [-0.2, 0) is 13.1 Å². The fraction of sp³-hybridized carbons (Fsp3) is 0.533. The van der Waals surface area contributed by atoms with Gasteiger partial charge >= 0.3 is 0 Å². The van der Waals surface area contributed by atoms with Gasteiger partial charge in [-0.3, -0.25) is 0 Å². The van der Waals surface area contributed by atoms with E-state index in [0.29, 0.717) is 0 Å². The Balaban J connectivity index is 0.000000510. The first-order valence-electron chi connectivity index (χ1n) is 7.50. The van der Waals surface area contributed by atoms with Crippen molar-refractivity contribution in [2.45, 2.75) is 47.7 Å². The smallest absolute Gasteiger partial charge is 0.152 e. The van der Waals surface area contributed by atoms with Crippen LogP contribution in [0.3, 0.4) is 0 Å². The SMILES string of the molecule is CC.CC.Cc1nnc2n1CCN(c1cccc(Br)n1)C2. The van der Waals surface area contributed by atoms with Crippen LogP contribution < -0.4 is 4.90 Å². The summed E-state index contributed by atoms with van der Waals surface area (Å²) in [5.41, 5.74) is 0. The average molecular weight is 354 g/mol. The van der Waals surface area contributed by atoms with Crippen molar-refractivity contribution in [3.63, 3.8) is 0 Å². The monoisotopic (exact) mass is 353 g/mol. The summed E-state index contributed by atoms with van der Waals surface area (Å²) in [4.78, 5) is 6.68. The van der Waals surface area contributed by atoms with Gasteiger partial charge in [0.05, 0.1) is 6.54 Å². The molecule has 6 heteroatoms. The third-order valence-electron chi connectivity index (χ3n) is 2.96. The van der Waals surface area contributed by atoms with Gasteiger partial charge in [0, 0.05) is 13.1 Å². The Labute approximate surface area is 135 Å². The fourth-order valence-electron chi connectivity index (χ4n) is 2.07. The molecule has 1 aliphatic rings. The molecule has 0 saturated carbocycles. The number of fused-ring (bicyclic) bond motifs is 1. The number of hydrogen-bond acceptors (Lipinski definition) is 4. The summed E-state index contributed by atoms with van der Waals surface area (Å²) in [6.45, 7) is 12.6. The zero-order valence-electron chi connectivity index (χ0n) is 13.5. The Morgan fingerprint density at radius 1 is 1.05 bits per heavy atom. The molecule has 0 radical (unpaired) electrons. The first-order chi connectivity index (χ1) is 10.2. The van der Waals surface area contributed by atoms with Crippen LogP contribution in [0.1, 0.15) is 39.3 Å². The lowest BCUT2D eigenvalue weighted by Crippen LogP contribution is -2.34. The van der Waals surface area contributed by atoms with Gasteiger partial charge in [0.1, 0.15) is 16.2 Å². The van der Waals surface area contributed by atoms with E-state index in [4.69, 9.17) is 0 Å². The molecule has 0 atom stereocenters. The van der Waals surface area contributed by atoms with Crippen LogP contribution in [0.25, 0.3) is 0 Å². The lowest BCUT2D eigenvalue weighted by molar-refractivity contribution is 0.547. The largest absolute Gasteiger partial charge is 0.347 e. The highest BCUT2D eigenvalue weighted by Crippen LogP contribution is 2.20. The number of anilines is 1. The minimum atomic E-state index is 0.768. The molecule has 0 bridgehead atoms. The number of aromatic nitrogens is 4. The Morgan fingerprint density at radius 2 is 1.76 bits per heavy atom. The second kappa shape index (κ2) is 8.77. The van der Waals surface area contributed by atoms with E-state index in [1.807, 2.05) is 52.8 Å². The van der Waals surface area contributed by atoms with Crippen molar-refractivity contribution in [2.24, 2.45) is 0 Å². The summed E-state index contributed by atoms with van der Waals surface area (Å²) in [5, 5.41) is 8.29. The molecule has 0 aliphatic carbocycles. The highest BCUT2D eigenvalue weighted by atomic mass is 79.9. The van der Waals surface area contributed by atoms with Gasteiger partial charge in [0.2, 0.25) is 0 Å². The van der Waals surface area contributed by atoms with E-state index in [0.717, 1.165) is 41.7 Å². The molecule has 21 heavy (non-hydrogen) atoms. The molecule has 2 aromatic rings. The van der Waals surface area contributed by atoms with Crippen LogP contribution in [0, 0.1) is 6.92 Å². The lowest BCUT2D eigenvalue weighted by Gasteiger charge is -2.28. The van der Waals surface area contributed by atoms with Crippen molar-refractivity contribution in [3.05, 3.63) is 34.5 Å². The average Bonchev–Trinajstić information content (AvgIpc) is 2.92. The highest BCUT2D eigenvalue weighted by Gasteiger charge is 2.20. The number of hydrogen-bond donors (Lipinski definition) is 0. The Hall–Kier alpha value is -1.43. The molecule has 5 nitrogen and oxygen atoms in total. The maximum absolute atomic E-state index is 4.46. The Morgan fingerprint density at radius 3 is 2.43 bits per heavy atom. The predicted molar refractivity (Wildman–Crippen MR) is 90.4 cm³/mol. The molecule has 0 N–H and O–H groups in total. The third-order valence-corrected chi connectivity index (χ3v) is 3.40. The van der Waals surface area contributed by atoms with Crippen LogP contribution in [0.4, 0.5) is 5.82 Å². The molecule has 0 amide bonds. The van der Waals surface area contributed by atoms with E-state index < -0.39 is 0 Å². The quantitative estimate of drug-likeness (QED) is 0.731. The number of aryl methyl sites for hydroxylation is 1. The molecule has 116 valence electrons. The number of nitrogens with zero attached hydrogens (tertiary/aromatic N) is 5. The van der Waals surface area contributed by atoms with Gasteiger partial charge in [-0.15, -0.1) is 10.2 Å². The minimum Gasteiger partial charge on any atom is -0.347 e. The van der Waals surface area contributed by atoms with Gasteiger partial charge in [-0.2, -0.15) is 0 Å². The summed E-state index contributed by atoms with van der Waals surface area (Å²) >= 11 is 3.39. The zero-order valence-corrected chi connectivity index (χ0v) is 15.1. The molecule has 0 unspecified atom stereocenters. The summed E-state index contributed by atoms with van der Waals surface area (Å²) in [6, 6.07) is 5.95. The Bertz CT molecular complexity index is 553. The van der Waals surface area contributed by atoms with Crippen molar-refractivity contribution in [1.82, 2.24) is 19.7 Å². The molecular weight excluding hydrogens is 330 g/mol. The van der Waals surface area contributed by atoms with Crippen molar-refractivity contribution in [3.8, 4) is 0 Å². The van der Waals surface area contributed by atoms with Crippen LogP contribution in [0.15, 0.2) is 22.8 Å². The Kier molecular flexibility index (Phi) is 7.36. The number of pyridine rings is 1. The molecule has 0 saturated heterocycles. The van der Waals surface area contributed by atoms with Gasteiger partial charge in [-0.05, 0) is 35.0 Å². The predicted octanol–water partition coefficient (Wildman–Crippen LogP) is 3.82. The fourth-order valence-corrected chi connectivity index (χ4v) is 2.41. The van der Waals surface area contributed by atoms with E-state index in [9.17, 15) is 0 Å². The molecule has 3 rings (SSSR count). The molecule has 3 heterocycles. The van der Waals surface area contributed by atoms with Crippen LogP contribution in [-0.4, -0.2) is 26.3 Å². The third kappa shape index (κ3) is 4.27. The number of halogens is 1. The van der Waals surface area contributed by atoms with E-state index in [1.165, 1.54) is 0 Å². The maximum Gasteiger partial charge on any atom is 0.152 e. The molecule has 0 aromatic carbocycles. The van der Waals surface area contributed by atoms with E-state index in [2.05, 4.69) is 40.6 Å². The molecule has 1 aliphatic heterocycles. The van der Waals surface area contributed by atoms with E-state index in [-0.39, 0.29) is 0 Å². The topological polar surface area (TPSA) is 46.8 Å². The standard InChI is InChI=1S/C11H12BrN5.2C2H6/c1-8-14-15-11-7-16(5-6-17(8)11)10-4-2-3-9(12)13-10;2*1-2/h2-4H,5-7H2,1H3;2*1-2H3. The zero-order chi connectivity index (χ0) is 15.8.